The van der Waals surface area contributed by atoms with Gasteiger partial charge in [0.25, 0.3) is 0 Å². The average molecular weight is 311 g/mol. The van der Waals surface area contributed by atoms with E-state index in [0.717, 1.165) is 11.1 Å². The minimum Gasteiger partial charge on any atom is -0.384 e. The van der Waals surface area contributed by atoms with Crippen LogP contribution in [0.1, 0.15) is 6.42 Å². The molecule has 3 heterocycles. The molecule has 0 spiro atoms. The van der Waals surface area contributed by atoms with E-state index >= 15 is 0 Å². The van der Waals surface area contributed by atoms with Gasteiger partial charge in [-0.05, 0) is 36.2 Å². The van der Waals surface area contributed by atoms with Gasteiger partial charge in [-0.1, -0.05) is 0 Å². The van der Waals surface area contributed by atoms with Gasteiger partial charge in [-0.15, -0.1) is 0 Å². The molecule has 3 aromatic rings. The number of aromatic nitrogens is 3. The van der Waals surface area contributed by atoms with Gasteiger partial charge in [0, 0.05) is 18.0 Å². The van der Waals surface area contributed by atoms with Crippen molar-refractivity contribution in [3.05, 3.63) is 42.9 Å². The van der Waals surface area contributed by atoms with Crippen molar-refractivity contribution >= 4 is 23.2 Å². The van der Waals surface area contributed by atoms with Crippen LogP contribution in [0.2, 0.25) is 0 Å². The molecule has 0 aromatic carbocycles. The number of carbonyl (C=O) groups is 1. The first kappa shape index (κ1) is 13.7. The summed E-state index contributed by atoms with van der Waals surface area (Å²) in [5, 5.41) is 2.65. The van der Waals surface area contributed by atoms with Crippen molar-refractivity contribution in [1.82, 2.24) is 14.4 Å². The number of carbonyl (C=O) groups excluding carboxylic acids is 1. The quantitative estimate of drug-likeness (QED) is 0.777. The first-order valence-corrected chi connectivity index (χ1v) is 7.26. The second kappa shape index (κ2) is 5.05. The molecule has 0 aliphatic heterocycles. The Bertz CT molecular complexity index is 889. The van der Waals surface area contributed by atoms with Gasteiger partial charge in [0.15, 0.2) is 5.82 Å². The molecule has 0 unspecified atom stereocenters. The number of alkyl halides is 1. The molecule has 23 heavy (non-hydrogen) atoms. The normalized spacial score (nSPS) is 19.7. The molecule has 2 atom stereocenters. The highest BCUT2D eigenvalue weighted by atomic mass is 19.1. The Labute approximate surface area is 131 Å². The maximum absolute atomic E-state index is 12.9. The third kappa shape index (κ3) is 2.61. The molecule has 1 saturated carbocycles. The SMILES string of the molecule is Nc1ccc(-c2ccc3nc(NC(=O)[C@@H]4C[C@@H]4F)cn3c2)cn1. The predicted molar refractivity (Wildman–Crippen MR) is 84.5 cm³/mol. The molecule has 3 N–H and O–H groups in total. The highest BCUT2D eigenvalue weighted by Gasteiger charge is 2.43. The number of hydrogen-bond donors (Lipinski definition) is 2. The fraction of sp³-hybridized carbons (Fsp3) is 0.188. The lowest BCUT2D eigenvalue weighted by Gasteiger charge is -2.02. The monoisotopic (exact) mass is 311 g/mol. The second-order valence-corrected chi connectivity index (χ2v) is 5.63. The number of amides is 1. The van der Waals surface area contributed by atoms with Crippen molar-refractivity contribution in [2.24, 2.45) is 5.92 Å². The number of nitrogens with two attached hydrogens (primary N) is 1. The molecule has 0 bridgehead atoms. The third-order valence-corrected chi connectivity index (χ3v) is 3.87. The van der Waals surface area contributed by atoms with Gasteiger partial charge in [0.05, 0.1) is 12.1 Å². The molecule has 1 amide bonds. The number of fused-ring (bicyclic) bond motifs is 1. The summed E-state index contributed by atoms with van der Waals surface area (Å²) in [5.74, 6) is 0.0375. The van der Waals surface area contributed by atoms with E-state index in [4.69, 9.17) is 5.73 Å². The van der Waals surface area contributed by atoms with E-state index in [1.165, 1.54) is 0 Å². The molecular formula is C16H14FN5O. The maximum Gasteiger partial charge on any atom is 0.231 e. The summed E-state index contributed by atoms with van der Waals surface area (Å²) in [6.45, 7) is 0. The fourth-order valence-electron chi connectivity index (χ4n) is 2.45. The number of halogens is 1. The van der Waals surface area contributed by atoms with Gasteiger partial charge in [-0.3, -0.25) is 4.79 Å². The first-order chi connectivity index (χ1) is 11.1. The van der Waals surface area contributed by atoms with Crippen molar-refractivity contribution < 1.29 is 9.18 Å². The van der Waals surface area contributed by atoms with E-state index in [1.807, 2.05) is 24.4 Å². The Kier molecular flexibility index (Phi) is 3.00. The molecule has 1 aliphatic rings. The van der Waals surface area contributed by atoms with Gasteiger partial charge in [-0.25, -0.2) is 14.4 Å². The van der Waals surface area contributed by atoms with Crippen LogP contribution in [-0.4, -0.2) is 26.4 Å². The summed E-state index contributed by atoms with van der Waals surface area (Å²) < 4.78 is 14.7. The van der Waals surface area contributed by atoms with E-state index < -0.39 is 12.1 Å². The van der Waals surface area contributed by atoms with Crippen molar-refractivity contribution in [2.45, 2.75) is 12.6 Å². The molecule has 1 fully saturated rings. The van der Waals surface area contributed by atoms with Crippen LogP contribution in [0.25, 0.3) is 16.8 Å². The van der Waals surface area contributed by atoms with Crippen LogP contribution in [-0.2, 0) is 4.79 Å². The molecule has 4 rings (SSSR count). The molecule has 116 valence electrons. The second-order valence-electron chi connectivity index (χ2n) is 5.63. The van der Waals surface area contributed by atoms with E-state index in [9.17, 15) is 9.18 Å². The van der Waals surface area contributed by atoms with Crippen LogP contribution in [0.15, 0.2) is 42.9 Å². The molecule has 1 aliphatic carbocycles. The number of rotatable bonds is 3. The topological polar surface area (TPSA) is 85.3 Å². The van der Waals surface area contributed by atoms with Crippen LogP contribution >= 0.6 is 0 Å². The highest BCUT2D eigenvalue weighted by Crippen LogP contribution is 2.34. The largest absolute Gasteiger partial charge is 0.384 e. The van der Waals surface area contributed by atoms with E-state index in [0.29, 0.717) is 23.7 Å². The van der Waals surface area contributed by atoms with Crippen LogP contribution in [0.4, 0.5) is 16.0 Å². The van der Waals surface area contributed by atoms with Crippen molar-refractivity contribution in [3.8, 4) is 11.1 Å². The maximum atomic E-state index is 12.9. The van der Waals surface area contributed by atoms with Gasteiger partial charge in [0.1, 0.15) is 17.6 Å². The lowest BCUT2D eigenvalue weighted by Crippen LogP contribution is -2.15. The zero-order valence-electron chi connectivity index (χ0n) is 12.1. The Morgan fingerprint density at radius 2 is 2.04 bits per heavy atom. The van der Waals surface area contributed by atoms with Crippen LogP contribution in [0.3, 0.4) is 0 Å². The summed E-state index contributed by atoms with van der Waals surface area (Å²) in [7, 11) is 0. The lowest BCUT2D eigenvalue weighted by atomic mass is 10.1. The van der Waals surface area contributed by atoms with Gasteiger partial charge in [-0.2, -0.15) is 0 Å². The summed E-state index contributed by atoms with van der Waals surface area (Å²) >= 11 is 0. The number of imidazole rings is 1. The third-order valence-electron chi connectivity index (χ3n) is 3.87. The lowest BCUT2D eigenvalue weighted by molar-refractivity contribution is -0.117. The minimum absolute atomic E-state index is 0.299. The number of nitrogens with zero attached hydrogens (tertiary/aromatic N) is 3. The Balaban J connectivity index is 1.61. The van der Waals surface area contributed by atoms with Crippen molar-refractivity contribution in [1.29, 1.82) is 0 Å². The number of hydrogen-bond acceptors (Lipinski definition) is 4. The van der Waals surface area contributed by atoms with Gasteiger partial charge >= 0.3 is 0 Å². The zero-order chi connectivity index (χ0) is 16.0. The number of nitrogen functional groups attached to an aromatic ring is 1. The number of pyridine rings is 2. The minimum atomic E-state index is -1.02. The number of nitrogens with one attached hydrogen (secondary N) is 1. The predicted octanol–water partition coefficient (Wildman–Crippen LogP) is 2.28. The smallest absolute Gasteiger partial charge is 0.231 e. The molecule has 3 aromatic heterocycles. The summed E-state index contributed by atoms with van der Waals surface area (Å²) in [4.78, 5) is 20.1. The summed E-state index contributed by atoms with van der Waals surface area (Å²) in [6, 6.07) is 7.38. The highest BCUT2D eigenvalue weighted by molar-refractivity contribution is 5.94. The molecule has 6 nitrogen and oxygen atoms in total. The van der Waals surface area contributed by atoms with Crippen LogP contribution < -0.4 is 11.1 Å². The summed E-state index contributed by atoms with van der Waals surface area (Å²) in [6.07, 6.45) is 4.58. The van der Waals surface area contributed by atoms with Crippen LogP contribution in [0, 0.1) is 5.92 Å². The Hall–Kier alpha value is -2.96. The van der Waals surface area contributed by atoms with Crippen LogP contribution in [0.5, 0.6) is 0 Å². The van der Waals surface area contributed by atoms with E-state index in [1.54, 1.807) is 22.9 Å². The fourth-order valence-corrected chi connectivity index (χ4v) is 2.45. The first-order valence-electron chi connectivity index (χ1n) is 7.26. The standard InChI is InChI=1S/C16H14FN5O/c17-12-5-11(12)16(23)21-14-8-22-7-10(2-4-15(22)20-14)9-1-3-13(18)19-6-9/h1-4,6-8,11-12H,5H2,(H2,18,19)(H,21,23)/t11-,12+/m1/s1. The molecule has 0 saturated heterocycles. The molecular weight excluding hydrogens is 297 g/mol. The average Bonchev–Trinajstić information content (AvgIpc) is 3.14. The summed E-state index contributed by atoms with van der Waals surface area (Å²) in [5.41, 5.74) is 8.17. The molecule has 0 radical (unpaired) electrons. The zero-order valence-corrected chi connectivity index (χ0v) is 12.1. The van der Waals surface area contributed by atoms with Crippen molar-refractivity contribution in [2.75, 3.05) is 11.1 Å². The van der Waals surface area contributed by atoms with E-state index in [2.05, 4.69) is 15.3 Å². The van der Waals surface area contributed by atoms with E-state index in [-0.39, 0.29) is 5.91 Å². The molecule has 7 heteroatoms. The van der Waals surface area contributed by atoms with Gasteiger partial charge in [0.2, 0.25) is 5.91 Å². The van der Waals surface area contributed by atoms with Crippen molar-refractivity contribution in [3.63, 3.8) is 0 Å². The Morgan fingerprint density at radius 1 is 1.26 bits per heavy atom. The number of anilines is 2. The van der Waals surface area contributed by atoms with Gasteiger partial charge < -0.3 is 15.5 Å². The Morgan fingerprint density at radius 3 is 2.74 bits per heavy atom.